The van der Waals surface area contributed by atoms with Crippen molar-refractivity contribution in [3.63, 3.8) is 0 Å². The molecule has 2 aromatic carbocycles. The van der Waals surface area contributed by atoms with Crippen molar-refractivity contribution < 1.29 is 32.3 Å². The van der Waals surface area contributed by atoms with Crippen LogP contribution in [0.25, 0.3) is 0 Å². The van der Waals surface area contributed by atoms with E-state index in [0.29, 0.717) is 22.8 Å². The number of methoxy groups -OCH3 is 3. The fourth-order valence-electron chi connectivity index (χ4n) is 3.18. The third-order valence-electron chi connectivity index (χ3n) is 4.90. The Kier molecular flexibility index (Phi) is 7.68. The Hall–Kier alpha value is -3.42. The molecule has 0 unspecified atom stereocenters. The van der Waals surface area contributed by atoms with Gasteiger partial charge < -0.3 is 18.9 Å². The van der Waals surface area contributed by atoms with E-state index in [1.807, 2.05) is 0 Å². The Morgan fingerprint density at radius 1 is 1.09 bits per heavy atom. The maximum absolute atomic E-state index is 13.2. The second kappa shape index (κ2) is 10.5. The molecule has 178 valence electrons. The van der Waals surface area contributed by atoms with Crippen LogP contribution in [0.1, 0.15) is 5.56 Å². The highest BCUT2D eigenvalue weighted by Crippen LogP contribution is 2.33. The molecule has 1 aliphatic heterocycles. The van der Waals surface area contributed by atoms with E-state index in [1.54, 1.807) is 12.1 Å². The largest absolute Gasteiger partial charge is 0.496 e. The third kappa shape index (κ3) is 5.32. The Morgan fingerprint density at radius 2 is 1.73 bits per heavy atom. The van der Waals surface area contributed by atoms with Gasteiger partial charge in [0, 0.05) is 37.4 Å². The van der Waals surface area contributed by atoms with Crippen LogP contribution in [0, 0.1) is 10.1 Å². The standard InChI is InChI=1S/C20H24N4O8S/c1-29-15-11-18(30-2)16(19(12-15)31-3)13-21-22-17-5-4-14(24(25)26)10-20(17)33(27,28)23-6-8-32-9-7-23/h4-5,10-13,22H,6-9H2,1-3H3/b21-13+. The van der Waals surface area contributed by atoms with Crippen molar-refractivity contribution in [2.75, 3.05) is 53.1 Å². The number of nitro benzene ring substituents is 1. The van der Waals surface area contributed by atoms with Crippen LogP contribution >= 0.6 is 0 Å². The molecule has 0 aromatic heterocycles. The molecule has 1 N–H and O–H groups in total. The number of nitrogens with zero attached hydrogens (tertiary/aromatic N) is 3. The fourth-order valence-corrected chi connectivity index (χ4v) is 4.75. The zero-order chi connectivity index (χ0) is 24.0. The number of nitro groups is 1. The van der Waals surface area contributed by atoms with E-state index < -0.39 is 14.9 Å². The number of non-ortho nitro benzene ring substituents is 1. The van der Waals surface area contributed by atoms with Crippen LogP contribution in [-0.2, 0) is 14.8 Å². The minimum atomic E-state index is -4.03. The van der Waals surface area contributed by atoms with Crippen LogP contribution in [0.4, 0.5) is 11.4 Å². The Bertz CT molecular complexity index is 1120. The molecule has 1 saturated heterocycles. The maximum atomic E-state index is 13.2. The van der Waals surface area contributed by atoms with E-state index in [-0.39, 0.29) is 42.6 Å². The number of sulfonamides is 1. The summed E-state index contributed by atoms with van der Waals surface area (Å²) < 4.78 is 48.8. The number of hydrazone groups is 1. The van der Waals surface area contributed by atoms with Gasteiger partial charge in [-0.15, -0.1) is 0 Å². The second-order valence-corrected chi connectivity index (χ2v) is 8.68. The molecule has 1 fully saturated rings. The second-order valence-electron chi connectivity index (χ2n) is 6.77. The molecule has 2 aromatic rings. The lowest BCUT2D eigenvalue weighted by atomic mass is 10.2. The van der Waals surface area contributed by atoms with Gasteiger partial charge in [0.15, 0.2) is 0 Å². The molecule has 0 atom stereocenters. The summed E-state index contributed by atoms with van der Waals surface area (Å²) in [5.41, 5.74) is 2.88. The quantitative estimate of drug-likeness (QED) is 0.324. The monoisotopic (exact) mass is 480 g/mol. The number of hydrogen-bond acceptors (Lipinski definition) is 10. The summed E-state index contributed by atoms with van der Waals surface area (Å²) in [4.78, 5) is 10.3. The molecule has 3 rings (SSSR count). The molecule has 0 saturated carbocycles. The zero-order valence-corrected chi connectivity index (χ0v) is 19.1. The number of hydrogen-bond donors (Lipinski definition) is 1. The highest BCUT2D eigenvalue weighted by atomic mass is 32.2. The molecule has 0 spiro atoms. The Morgan fingerprint density at radius 3 is 2.27 bits per heavy atom. The zero-order valence-electron chi connectivity index (χ0n) is 18.3. The summed E-state index contributed by atoms with van der Waals surface area (Å²) >= 11 is 0. The van der Waals surface area contributed by atoms with Crippen LogP contribution in [0.15, 0.2) is 40.3 Å². The van der Waals surface area contributed by atoms with Gasteiger partial charge in [-0.3, -0.25) is 15.5 Å². The van der Waals surface area contributed by atoms with Crippen LogP contribution < -0.4 is 19.6 Å². The number of rotatable bonds is 9. The molecule has 33 heavy (non-hydrogen) atoms. The predicted molar refractivity (Wildman–Crippen MR) is 120 cm³/mol. The lowest BCUT2D eigenvalue weighted by Gasteiger charge is -2.26. The van der Waals surface area contributed by atoms with E-state index in [0.717, 1.165) is 6.07 Å². The molecule has 1 aliphatic rings. The Labute approximate surface area is 190 Å². The van der Waals surface area contributed by atoms with Gasteiger partial charge in [0.2, 0.25) is 10.0 Å². The number of ether oxygens (including phenoxy) is 4. The van der Waals surface area contributed by atoms with Crippen molar-refractivity contribution in [2.45, 2.75) is 4.90 Å². The number of morpholine rings is 1. The summed E-state index contributed by atoms with van der Waals surface area (Å²) in [6.07, 6.45) is 1.39. The normalized spacial score (nSPS) is 14.8. The molecule has 0 aliphatic carbocycles. The van der Waals surface area contributed by atoms with Gasteiger partial charge >= 0.3 is 0 Å². The minimum Gasteiger partial charge on any atom is -0.496 e. The summed E-state index contributed by atoms with van der Waals surface area (Å²) in [5, 5.41) is 15.4. The minimum absolute atomic E-state index is 0.0785. The first-order valence-corrected chi connectivity index (χ1v) is 11.2. The van der Waals surface area contributed by atoms with Crippen LogP contribution in [0.5, 0.6) is 17.2 Å². The highest BCUT2D eigenvalue weighted by molar-refractivity contribution is 7.89. The van der Waals surface area contributed by atoms with E-state index in [4.69, 9.17) is 18.9 Å². The molecule has 0 bridgehead atoms. The lowest BCUT2D eigenvalue weighted by Crippen LogP contribution is -2.40. The fraction of sp³-hybridized carbons (Fsp3) is 0.350. The number of nitrogens with one attached hydrogen (secondary N) is 1. The predicted octanol–water partition coefficient (Wildman–Crippen LogP) is 2.09. The van der Waals surface area contributed by atoms with Crippen molar-refractivity contribution >= 4 is 27.6 Å². The molecule has 13 heteroatoms. The van der Waals surface area contributed by atoms with Crippen LogP contribution in [-0.4, -0.2) is 71.5 Å². The average molecular weight is 480 g/mol. The van der Waals surface area contributed by atoms with Gasteiger partial charge in [-0.1, -0.05) is 0 Å². The van der Waals surface area contributed by atoms with Gasteiger partial charge in [0.05, 0.1) is 56.9 Å². The van der Waals surface area contributed by atoms with Gasteiger partial charge in [-0.25, -0.2) is 8.42 Å². The molecular formula is C20H24N4O8S. The molecule has 0 radical (unpaired) electrons. The third-order valence-corrected chi connectivity index (χ3v) is 6.83. The molecule has 1 heterocycles. The topological polar surface area (TPSA) is 142 Å². The first-order valence-electron chi connectivity index (χ1n) is 9.77. The van der Waals surface area contributed by atoms with Crippen molar-refractivity contribution in [1.29, 1.82) is 0 Å². The van der Waals surface area contributed by atoms with Crippen LogP contribution in [0.2, 0.25) is 0 Å². The average Bonchev–Trinajstić information content (AvgIpc) is 2.84. The molecule has 0 amide bonds. The van der Waals surface area contributed by atoms with E-state index >= 15 is 0 Å². The lowest BCUT2D eigenvalue weighted by molar-refractivity contribution is -0.385. The van der Waals surface area contributed by atoms with E-state index in [9.17, 15) is 18.5 Å². The van der Waals surface area contributed by atoms with Crippen LogP contribution in [0.3, 0.4) is 0 Å². The van der Waals surface area contributed by atoms with E-state index in [2.05, 4.69) is 10.5 Å². The number of anilines is 1. The smallest absolute Gasteiger partial charge is 0.270 e. The highest BCUT2D eigenvalue weighted by Gasteiger charge is 2.30. The van der Waals surface area contributed by atoms with Gasteiger partial charge in [-0.2, -0.15) is 9.41 Å². The Balaban J connectivity index is 1.98. The van der Waals surface area contributed by atoms with Gasteiger partial charge in [-0.05, 0) is 6.07 Å². The summed E-state index contributed by atoms with van der Waals surface area (Å²) in [5.74, 6) is 1.35. The maximum Gasteiger partial charge on any atom is 0.270 e. The summed E-state index contributed by atoms with van der Waals surface area (Å²) in [7, 11) is 0.426. The van der Waals surface area contributed by atoms with Crippen molar-refractivity contribution in [2.24, 2.45) is 5.10 Å². The van der Waals surface area contributed by atoms with Crippen molar-refractivity contribution in [3.8, 4) is 17.2 Å². The molecular weight excluding hydrogens is 456 g/mol. The van der Waals surface area contributed by atoms with E-state index in [1.165, 1.54) is 44.0 Å². The first kappa shape index (κ1) is 24.2. The van der Waals surface area contributed by atoms with Gasteiger partial charge in [0.25, 0.3) is 5.69 Å². The van der Waals surface area contributed by atoms with Crippen molar-refractivity contribution in [1.82, 2.24) is 4.31 Å². The van der Waals surface area contributed by atoms with Gasteiger partial charge in [0.1, 0.15) is 22.1 Å². The summed E-state index contributed by atoms with van der Waals surface area (Å²) in [6.45, 7) is 0.778. The summed E-state index contributed by atoms with van der Waals surface area (Å²) in [6, 6.07) is 6.79. The SMILES string of the molecule is COc1cc(OC)c(/C=N/Nc2ccc([N+](=O)[O-])cc2S(=O)(=O)N2CCOCC2)c(OC)c1. The first-order chi connectivity index (χ1) is 15.8. The molecule has 12 nitrogen and oxygen atoms in total. The number of benzene rings is 2. The van der Waals surface area contributed by atoms with Crippen molar-refractivity contribution in [3.05, 3.63) is 46.0 Å².